The maximum Gasteiger partial charge on any atom is 0.241 e. The number of carbonyl (C=O) groups excluding carboxylic acids is 2. The first-order chi connectivity index (χ1) is 13.0. The van der Waals surface area contributed by atoms with Gasteiger partial charge in [-0.1, -0.05) is 17.7 Å². The van der Waals surface area contributed by atoms with Crippen LogP contribution in [0.3, 0.4) is 0 Å². The summed E-state index contributed by atoms with van der Waals surface area (Å²) >= 11 is 6.10. The highest BCUT2D eigenvalue weighted by Gasteiger charge is 2.63. The molecule has 5 rings (SSSR count). The molecule has 3 saturated heterocycles. The number of rotatable bonds is 3. The van der Waals surface area contributed by atoms with E-state index in [1.165, 1.54) is 11.0 Å². The number of amides is 2. The Morgan fingerprint density at radius 3 is 2.52 bits per heavy atom. The first-order valence-corrected chi connectivity index (χ1v) is 9.34. The van der Waals surface area contributed by atoms with Gasteiger partial charge in [0.1, 0.15) is 5.82 Å². The number of aryl methyl sites for hydroxylation is 1. The van der Waals surface area contributed by atoms with Gasteiger partial charge in [-0.2, -0.15) is 5.10 Å². The highest BCUT2D eigenvalue weighted by Crippen LogP contribution is 2.49. The van der Waals surface area contributed by atoms with E-state index < -0.39 is 17.7 Å². The Bertz CT molecular complexity index is 927. The third kappa shape index (κ3) is 2.38. The lowest BCUT2D eigenvalue weighted by atomic mass is 9.81. The van der Waals surface area contributed by atoms with Gasteiger partial charge in [0.15, 0.2) is 5.82 Å². The Hall–Kier alpha value is -2.25. The van der Waals surface area contributed by atoms with Crippen LogP contribution < -0.4 is 4.90 Å². The second kappa shape index (κ2) is 5.87. The first-order valence-electron chi connectivity index (χ1n) is 8.96. The lowest BCUT2D eigenvalue weighted by molar-refractivity contribution is -0.124. The molecule has 0 saturated carbocycles. The highest BCUT2D eigenvalue weighted by molar-refractivity contribution is 6.31. The Kier molecular flexibility index (Phi) is 3.67. The molecule has 2 aromatic rings. The van der Waals surface area contributed by atoms with Gasteiger partial charge in [-0.15, -0.1) is 0 Å². The summed E-state index contributed by atoms with van der Waals surface area (Å²) in [6.07, 6.45) is 1.30. The number of hydrogen-bond acceptors (Lipinski definition) is 4. The largest absolute Gasteiger partial charge is 0.373 e. The molecular formula is C19H17ClFN3O3. The zero-order valence-corrected chi connectivity index (χ0v) is 15.3. The third-order valence-electron chi connectivity index (χ3n) is 5.85. The van der Waals surface area contributed by atoms with Crippen LogP contribution in [-0.4, -0.2) is 33.8 Å². The zero-order valence-electron chi connectivity index (χ0n) is 14.6. The fraction of sp³-hybridized carbons (Fsp3) is 0.421. The number of hydrogen-bond donors (Lipinski definition) is 0. The summed E-state index contributed by atoms with van der Waals surface area (Å²) in [5, 5.41) is 4.71. The van der Waals surface area contributed by atoms with E-state index in [1.807, 2.05) is 0 Å². The number of aromatic nitrogens is 2. The topological polar surface area (TPSA) is 64.4 Å². The Morgan fingerprint density at radius 1 is 1.22 bits per heavy atom. The van der Waals surface area contributed by atoms with E-state index in [1.54, 1.807) is 29.8 Å². The molecule has 4 atom stereocenters. The summed E-state index contributed by atoms with van der Waals surface area (Å²) in [4.78, 5) is 26.9. The molecule has 0 spiro atoms. The van der Waals surface area contributed by atoms with Gasteiger partial charge in [-0.05, 0) is 31.9 Å². The van der Waals surface area contributed by atoms with Gasteiger partial charge >= 0.3 is 0 Å². The monoisotopic (exact) mass is 389 g/mol. The molecule has 27 heavy (non-hydrogen) atoms. The van der Waals surface area contributed by atoms with Crippen LogP contribution in [0.1, 0.15) is 24.1 Å². The van der Waals surface area contributed by atoms with Crippen molar-refractivity contribution in [3.05, 3.63) is 46.4 Å². The van der Waals surface area contributed by atoms with Crippen molar-refractivity contribution in [2.75, 3.05) is 4.90 Å². The number of ether oxygens (including phenoxy) is 1. The van der Waals surface area contributed by atoms with E-state index in [-0.39, 0.29) is 36.4 Å². The molecule has 0 N–H and O–H groups in total. The highest BCUT2D eigenvalue weighted by atomic mass is 35.5. The van der Waals surface area contributed by atoms with Gasteiger partial charge < -0.3 is 4.74 Å². The molecule has 4 heterocycles. The van der Waals surface area contributed by atoms with Crippen molar-refractivity contribution in [2.45, 2.75) is 38.5 Å². The molecule has 6 nitrogen and oxygen atoms in total. The molecule has 0 unspecified atom stereocenters. The van der Waals surface area contributed by atoms with E-state index in [0.29, 0.717) is 16.3 Å². The molecule has 3 aliphatic rings. The molecule has 1 aromatic heterocycles. The minimum absolute atomic E-state index is 0.120. The van der Waals surface area contributed by atoms with Crippen molar-refractivity contribution in [3.8, 4) is 0 Å². The maximum absolute atomic E-state index is 14.1. The molecule has 2 bridgehead atoms. The van der Waals surface area contributed by atoms with Crippen LogP contribution in [0.5, 0.6) is 0 Å². The fourth-order valence-electron chi connectivity index (χ4n) is 4.53. The molecule has 1 aromatic carbocycles. The van der Waals surface area contributed by atoms with E-state index >= 15 is 0 Å². The van der Waals surface area contributed by atoms with Gasteiger partial charge in [0.05, 0.1) is 30.6 Å². The van der Waals surface area contributed by atoms with Crippen LogP contribution in [-0.2, 0) is 20.9 Å². The van der Waals surface area contributed by atoms with Crippen LogP contribution in [0.25, 0.3) is 0 Å². The van der Waals surface area contributed by atoms with Crippen molar-refractivity contribution >= 4 is 29.2 Å². The summed E-state index contributed by atoms with van der Waals surface area (Å²) < 4.78 is 21.4. The normalized spacial score (nSPS) is 29.1. The second-order valence-electron chi connectivity index (χ2n) is 7.36. The first kappa shape index (κ1) is 16.9. The number of benzene rings is 1. The zero-order chi connectivity index (χ0) is 18.9. The summed E-state index contributed by atoms with van der Waals surface area (Å²) in [6.45, 7) is 1.92. The SMILES string of the molecule is Cc1cc(N2C(=O)[C@@H]3[C@@H](C2=O)[C@H]2CC[C@H]3O2)nn1Cc1c(F)cccc1Cl. The van der Waals surface area contributed by atoms with Gasteiger partial charge in [0.25, 0.3) is 0 Å². The number of anilines is 1. The van der Waals surface area contributed by atoms with E-state index in [9.17, 15) is 14.0 Å². The number of fused-ring (bicyclic) bond motifs is 5. The number of nitrogens with zero attached hydrogens (tertiary/aromatic N) is 3. The molecule has 8 heteroatoms. The number of carbonyl (C=O) groups is 2. The van der Waals surface area contributed by atoms with Gasteiger partial charge in [0, 0.05) is 22.3 Å². The number of imide groups is 1. The number of halogens is 2. The minimum Gasteiger partial charge on any atom is -0.373 e. The van der Waals surface area contributed by atoms with Gasteiger partial charge in [-0.25, -0.2) is 9.29 Å². The Morgan fingerprint density at radius 2 is 1.89 bits per heavy atom. The maximum atomic E-state index is 14.1. The Balaban J connectivity index is 1.47. The van der Waals surface area contributed by atoms with Crippen molar-refractivity contribution in [2.24, 2.45) is 11.8 Å². The summed E-state index contributed by atoms with van der Waals surface area (Å²) in [7, 11) is 0. The molecular weight excluding hydrogens is 373 g/mol. The standard InChI is InChI=1S/C19H17ClFN3O3/c1-9-7-15(22-23(9)8-10-11(20)3-2-4-12(10)21)24-18(25)16-13-5-6-14(27-13)17(16)19(24)26/h2-4,7,13-14,16-17H,5-6,8H2,1H3/t13-,14-,16+,17+/m1/s1. The molecule has 0 aliphatic carbocycles. The van der Waals surface area contributed by atoms with Crippen molar-refractivity contribution in [1.82, 2.24) is 9.78 Å². The summed E-state index contributed by atoms with van der Waals surface area (Å²) in [6, 6.07) is 6.17. The average molecular weight is 390 g/mol. The third-order valence-corrected chi connectivity index (χ3v) is 6.21. The predicted octanol–water partition coefficient (Wildman–Crippen LogP) is 2.70. The smallest absolute Gasteiger partial charge is 0.241 e. The van der Waals surface area contributed by atoms with Crippen LogP contribution >= 0.6 is 11.6 Å². The molecule has 0 radical (unpaired) electrons. The quantitative estimate of drug-likeness (QED) is 0.757. The summed E-state index contributed by atoms with van der Waals surface area (Å²) in [5.41, 5.74) is 1.03. The van der Waals surface area contributed by atoms with Crippen LogP contribution in [0.15, 0.2) is 24.3 Å². The van der Waals surface area contributed by atoms with Crippen LogP contribution in [0, 0.1) is 24.6 Å². The van der Waals surface area contributed by atoms with Crippen molar-refractivity contribution in [1.29, 1.82) is 0 Å². The predicted molar refractivity (Wildman–Crippen MR) is 94.8 cm³/mol. The minimum atomic E-state index is -0.421. The van der Waals surface area contributed by atoms with Gasteiger partial charge in [0.2, 0.25) is 11.8 Å². The molecule has 3 aliphatic heterocycles. The molecule has 2 amide bonds. The lowest BCUT2D eigenvalue weighted by Gasteiger charge is -2.15. The van der Waals surface area contributed by atoms with E-state index in [4.69, 9.17) is 16.3 Å². The summed E-state index contributed by atoms with van der Waals surface area (Å²) in [5.74, 6) is -1.43. The lowest BCUT2D eigenvalue weighted by Crippen LogP contribution is -2.34. The van der Waals surface area contributed by atoms with E-state index in [2.05, 4.69) is 5.10 Å². The second-order valence-corrected chi connectivity index (χ2v) is 7.76. The molecule has 140 valence electrons. The van der Waals surface area contributed by atoms with E-state index in [0.717, 1.165) is 12.8 Å². The van der Waals surface area contributed by atoms with Crippen LogP contribution in [0.2, 0.25) is 5.02 Å². The Labute approximate surface area is 159 Å². The van der Waals surface area contributed by atoms with Crippen molar-refractivity contribution in [3.63, 3.8) is 0 Å². The van der Waals surface area contributed by atoms with Crippen LogP contribution in [0.4, 0.5) is 10.2 Å². The van der Waals surface area contributed by atoms with Gasteiger partial charge in [-0.3, -0.25) is 14.3 Å². The fourth-order valence-corrected chi connectivity index (χ4v) is 4.76. The molecule has 3 fully saturated rings. The average Bonchev–Trinajstić information content (AvgIpc) is 3.36. The van der Waals surface area contributed by atoms with Crippen molar-refractivity contribution < 1.29 is 18.7 Å².